The molecule has 0 bridgehead atoms. The molecule has 2 aromatic heterocycles. The first-order valence-electron chi connectivity index (χ1n) is 10.9. The molecule has 0 saturated heterocycles. The molecule has 178 valence electrons. The Bertz CT molecular complexity index is 1470. The number of benzene rings is 2. The monoisotopic (exact) mass is 506 g/mol. The molecule has 5 rings (SSSR count). The van der Waals surface area contributed by atoms with Crippen LogP contribution in [0.1, 0.15) is 33.8 Å². The molecule has 1 atom stereocenters. The number of aliphatic hydroxyl groups excluding tert-OH is 1. The van der Waals surface area contributed by atoms with Gasteiger partial charge in [-0.25, -0.2) is 4.98 Å². The number of thiazole rings is 1. The van der Waals surface area contributed by atoms with Crippen LogP contribution in [0.3, 0.4) is 0 Å². The second-order valence-corrected chi connectivity index (χ2v) is 9.86. The van der Waals surface area contributed by atoms with Gasteiger partial charge in [-0.1, -0.05) is 30.4 Å². The number of fused-ring (bicyclic) bond motifs is 1. The average Bonchev–Trinajstić information content (AvgIpc) is 3.61. The van der Waals surface area contributed by atoms with Crippen LogP contribution in [-0.2, 0) is 11.2 Å². The number of ether oxygens (including phenoxy) is 2. The molecule has 1 aliphatic heterocycles. The number of Topliss-reactive ketones (excluding diaryl/α,β-unsaturated/α-hetero) is 1. The van der Waals surface area contributed by atoms with Crippen molar-refractivity contribution in [2.45, 2.75) is 19.4 Å². The van der Waals surface area contributed by atoms with E-state index >= 15 is 0 Å². The summed E-state index contributed by atoms with van der Waals surface area (Å²) in [5.41, 5.74) is 2.39. The Morgan fingerprint density at radius 3 is 2.66 bits per heavy atom. The van der Waals surface area contributed by atoms with Crippen LogP contribution in [-0.4, -0.2) is 36.0 Å². The highest BCUT2D eigenvalue weighted by molar-refractivity contribution is 7.22. The van der Waals surface area contributed by atoms with E-state index in [0.29, 0.717) is 27.1 Å². The quantitative estimate of drug-likeness (QED) is 0.323. The van der Waals surface area contributed by atoms with E-state index in [9.17, 15) is 14.7 Å². The Morgan fingerprint density at radius 2 is 1.97 bits per heavy atom. The summed E-state index contributed by atoms with van der Waals surface area (Å²) in [6.45, 7) is 2.07. The maximum absolute atomic E-state index is 13.6. The molecule has 0 saturated carbocycles. The number of methoxy groups -OCH3 is 2. The first-order chi connectivity index (χ1) is 17.0. The smallest absolute Gasteiger partial charge is 0.296 e. The van der Waals surface area contributed by atoms with Gasteiger partial charge in [0.1, 0.15) is 17.5 Å². The number of nitrogens with zero attached hydrogens (tertiary/aromatic N) is 2. The highest BCUT2D eigenvalue weighted by atomic mass is 32.1. The second kappa shape index (κ2) is 9.16. The van der Waals surface area contributed by atoms with Crippen LogP contribution in [0.25, 0.3) is 10.2 Å². The fourth-order valence-corrected chi connectivity index (χ4v) is 5.94. The van der Waals surface area contributed by atoms with Crippen LogP contribution in [0, 0.1) is 0 Å². The third kappa shape index (κ3) is 3.86. The van der Waals surface area contributed by atoms with E-state index in [-0.39, 0.29) is 5.57 Å². The van der Waals surface area contributed by atoms with Crippen molar-refractivity contribution < 1.29 is 24.2 Å². The molecule has 1 aliphatic rings. The third-order valence-electron chi connectivity index (χ3n) is 5.99. The van der Waals surface area contributed by atoms with E-state index in [1.165, 1.54) is 41.8 Å². The van der Waals surface area contributed by atoms with Crippen LogP contribution in [0.15, 0.2) is 65.2 Å². The summed E-state index contributed by atoms with van der Waals surface area (Å²) in [4.78, 5) is 33.5. The van der Waals surface area contributed by atoms with Gasteiger partial charge in [-0.3, -0.25) is 14.5 Å². The summed E-state index contributed by atoms with van der Waals surface area (Å²) in [7, 11) is 3.05. The minimum absolute atomic E-state index is 0.0162. The second-order valence-electron chi connectivity index (χ2n) is 7.91. The lowest BCUT2D eigenvalue weighted by Crippen LogP contribution is -2.31. The van der Waals surface area contributed by atoms with Crippen molar-refractivity contribution in [3.63, 3.8) is 0 Å². The van der Waals surface area contributed by atoms with Crippen molar-refractivity contribution >= 4 is 49.7 Å². The predicted molar refractivity (Wildman–Crippen MR) is 137 cm³/mol. The lowest BCUT2D eigenvalue weighted by atomic mass is 9.94. The summed E-state index contributed by atoms with van der Waals surface area (Å²) in [6, 6.07) is 13.6. The van der Waals surface area contributed by atoms with Gasteiger partial charge in [-0.15, -0.1) is 11.3 Å². The Kier molecular flexibility index (Phi) is 6.04. The molecule has 35 heavy (non-hydrogen) atoms. The number of aromatic nitrogens is 1. The molecular weight excluding hydrogens is 484 g/mol. The van der Waals surface area contributed by atoms with E-state index in [0.717, 1.165) is 22.2 Å². The van der Waals surface area contributed by atoms with Crippen molar-refractivity contribution in [3.05, 3.63) is 81.2 Å². The highest BCUT2D eigenvalue weighted by Gasteiger charge is 2.47. The zero-order valence-electron chi connectivity index (χ0n) is 19.3. The van der Waals surface area contributed by atoms with Crippen LogP contribution in [0.2, 0.25) is 0 Å². The number of ketones is 1. The van der Waals surface area contributed by atoms with Crippen molar-refractivity contribution in [2.24, 2.45) is 0 Å². The van der Waals surface area contributed by atoms with Crippen molar-refractivity contribution in [3.8, 4) is 11.5 Å². The number of aryl methyl sites for hydroxylation is 1. The predicted octanol–water partition coefficient (Wildman–Crippen LogP) is 5.72. The number of rotatable bonds is 7. The highest BCUT2D eigenvalue weighted by Crippen LogP contribution is 2.47. The van der Waals surface area contributed by atoms with E-state index < -0.39 is 23.5 Å². The summed E-state index contributed by atoms with van der Waals surface area (Å²) >= 11 is 2.59. The van der Waals surface area contributed by atoms with Gasteiger partial charge >= 0.3 is 0 Å². The van der Waals surface area contributed by atoms with Crippen LogP contribution in [0.4, 0.5) is 5.13 Å². The molecule has 3 heterocycles. The Balaban J connectivity index is 1.73. The average molecular weight is 507 g/mol. The fraction of sp³-hybridized carbons (Fsp3) is 0.192. The van der Waals surface area contributed by atoms with E-state index in [1.54, 1.807) is 35.7 Å². The first kappa shape index (κ1) is 23.1. The largest absolute Gasteiger partial charge is 0.503 e. The fourth-order valence-electron chi connectivity index (χ4n) is 4.20. The van der Waals surface area contributed by atoms with Crippen LogP contribution < -0.4 is 14.4 Å². The van der Waals surface area contributed by atoms with Crippen LogP contribution in [0.5, 0.6) is 11.5 Å². The minimum atomic E-state index is -0.951. The summed E-state index contributed by atoms with van der Waals surface area (Å²) in [5, 5.41) is 13.2. The van der Waals surface area contributed by atoms with Gasteiger partial charge in [0.2, 0.25) is 5.78 Å². The summed E-state index contributed by atoms with van der Waals surface area (Å²) in [6.07, 6.45) is 0.872. The molecule has 7 nitrogen and oxygen atoms in total. The Hall–Kier alpha value is -3.69. The molecule has 4 aromatic rings. The lowest BCUT2D eigenvalue weighted by Gasteiger charge is -2.26. The van der Waals surface area contributed by atoms with Gasteiger partial charge in [0.15, 0.2) is 10.9 Å². The van der Waals surface area contributed by atoms with Crippen molar-refractivity contribution in [1.29, 1.82) is 0 Å². The molecule has 1 unspecified atom stereocenters. The van der Waals surface area contributed by atoms with Crippen LogP contribution >= 0.6 is 22.7 Å². The first-order valence-corrected chi connectivity index (χ1v) is 12.6. The van der Waals surface area contributed by atoms with E-state index in [1.807, 2.05) is 18.2 Å². The molecule has 1 amide bonds. The number of aliphatic hydroxyl groups is 1. The number of carbonyl (C=O) groups is 2. The van der Waals surface area contributed by atoms with Gasteiger partial charge < -0.3 is 14.6 Å². The lowest BCUT2D eigenvalue weighted by molar-refractivity contribution is -0.117. The standard InChI is InChI=1S/C26H22N2O5S2/c1-4-14-7-9-17-20(12-14)35-26(27-17)28-22(16-13-15(32-2)8-10-18(16)33-3)21(24(30)25(28)31)23(29)19-6-5-11-34-19/h5-13,22,30H,4H2,1-3H3. The zero-order valence-corrected chi connectivity index (χ0v) is 20.9. The van der Waals surface area contributed by atoms with Crippen molar-refractivity contribution in [2.75, 3.05) is 19.1 Å². The molecule has 9 heteroatoms. The Morgan fingerprint density at radius 1 is 1.14 bits per heavy atom. The van der Waals surface area contributed by atoms with E-state index in [2.05, 4.69) is 6.92 Å². The molecule has 0 aliphatic carbocycles. The number of amides is 1. The normalized spacial score (nSPS) is 15.8. The number of hydrogen-bond donors (Lipinski definition) is 1. The van der Waals surface area contributed by atoms with Gasteiger partial charge in [-0.05, 0) is 53.8 Å². The molecule has 0 radical (unpaired) electrons. The molecule has 0 fully saturated rings. The SMILES string of the molecule is CCc1ccc2nc(N3C(=O)C(O)=C(C(=O)c4cccs4)C3c3cc(OC)ccc3OC)sc2c1. The van der Waals surface area contributed by atoms with Gasteiger partial charge in [0, 0.05) is 5.56 Å². The van der Waals surface area contributed by atoms with E-state index in [4.69, 9.17) is 14.5 Å². The maximum atomic E-state index is 13.6. The summed E-state index contributed by atoms with van der Waals surface area (Å²) in [5.74, 6) is -0.715. The molecule has 0 spiro atoms. The molecule has 2 aromatic carbocycles. The topological polar surface area (TPSA) is 89.0 Å². The zero-order chi connectivity index (χ0) is 24.7. The minimum Gasteiger partial charge on any atom is -0.503 e. The molecule has 1 N–H and O–H groups in total. The van der Waals surface area contributed by atoms with Gasteiger partial charge in [0.25, 0.3) is 5.91 Å². The van der Waals surface area contributed by atoms with Gasteiger partial charge in [0.05, 0.1) is 34.9 Å². The number of thiophene rings is 1. The third-order valence-corrected chi connectivity index (χ3v) is 7.87. The summed E-state index contributed by atoms with van der Waals surface area (Å²) < 4.78 is 11.9. The number of hydrogen-bond acceptors (Lipinski definition) is 8. The number of anilines is 1. The van der Waals surface area contributed by atoms with Gasteiger partial charge in [-0.2, -0.15) is 0 Å². The molecular formula is C26H22N2O5S2. The maximum Gasteiger partial charge on any atom is 0.296 e. The van der Waals surface area contributed by atoms with Crippen molar-refractivity contribution in [1.82, 2.24) is 4.98 Å². The number of carbonyl (C=O) groups excluding carboxylic acids is 2. The Labute approximate surface area is 209 Å².